The minimum atomic E-state index is 0.230. The Morgan fingerprint density at radius 2 is 1.94 bits per heavy atom. The summed E-state index contributed by atoms with van der Waals surface area (Å²) in [6.07, 6.45) is 1.27. The molecule has 1 fully saturated rings. The van der Waals surface area contributed by atoms with E-state index in [-0.39, 0.29) is 5.54 Å². The van der Waals surface area contributed by atoms with E-state index in [1.807, 2.05) is 0 Å². The van der Waals surface area contributed by atoms with E-state index in [2.05, 4.69) is 61.3 Å². The van der Waals surface area contributed by atoms with Crippen molar-refractivity contribution in [3.05, 3.63) is 35.9 Å². The highest BCUT2D eigenvalue weighted by atomic mass is 15.2. The maximum atomic E-state index is 3.69. The summed E-state index contributed by atoms with van der Waals surface area (Å²) in [5.74, 6) is 0. The normalized spacial score (nSPS) is 21.9. The maximum absolute atomic E-state index is 3.69. The van der Waals surface area contributed by atoms with Crippen LogP contribution in [0.2, 0.25) is 0 Å². The predicted molar refractivity (Wildman–Crippen MR) is 73.0 cm³/mol. The molecule has 17 heavy (non-hydrogen) atoms. The molecular formula is C15H24N2. The predicted octanol–water partition coefficient (Wildman–Crippen LogP) is 2.65. The molecule has 2 rings (SSSR count). The molecule has 1 aromatic rings. The van der Waals surface area contributed by atoms with Gasteiger partial charge in [0, 0.05) is 31.2 Å². The smallest absolute Gasteiger partial charge is 0.0234 e. The monoisotopic (exact) mass is 232 g/mol. The van der Waals surface area contributed by atoms with Gasteiger partial charge >= 0.3 is 0 Å². The van der Waals surface area contributed by atoms with Crippen LogP contribution in [0.4, 0.5) is 0 Å². The Morgan fingerprint density at radius 1 is 1.24 bits per heavy atom. The number of hydrogen-bond donors (Lipinski definition) is 1. The van der Waals surface area contributed by atoms with Crippen LogP contribution in [-0.4, -0.2) is 29.6 Å². The van der Waals surface area contributed by atoms with Gasteiger partial charge < -0.3 is 5.32 Å². The number of hydrogen-bond acceptors (Lipinski definition) is 2. The number of rotatable bonds is 3. The largest absolute Gasteiger partial charge is 0.308 e. The summed E-state index contributed by atoms with van der Waals surface area (Å²) in [6, 6.07) is 11.4. The highest BCUT2D eigenvalue weighted by Gasteiger charge is 2.25. The van der Waals surface area contributed by atoms with Crippen LogP contribution in [0.5, 0.6) is 0 Å². The molecule has 94 valence electrons. The van der Waals surface area contributed by atoms with Gasteiger partial charge in [-0.1, -0.05) is 30.3 Å². The van der Waals surface area contributed by atoms with Crippen molar-refractivity contribution in [2.24, 2.45) is 0 Å². The summed E-state index contributed by atoms with van der Waals surface area (Å²) < 4.78 is 0. The van der Waals surface area contributed by atoms with Gasteiger partial charge in [0.2, 0.25) is 0 Å². The Labute approximate surface area is 105 Å². The number of benzene rings is 1. The zero-order valence-corrected chi connectivity index (χ0v) is 11.2. The first-order chi connectivity index (χ1) is 8.03. The molecule has 0 spiro atoms. The van der Waals surface area contributed by atoms with E-state index >= 15 is 0 Å². The van der Waals surface area contributed by atoms with Crippen LogP contribution < -0.4 is 5.32 Å². The summed E-state index contributed by atoms with van der Waals surface area (Å²) >= 11 is 0. The van der Waals surface area contributed by atoms with Crippen LogP contribution in [-0.2, 0) is 6.54 Å². The second-order valence-corrected chi connectivity index (χ2v) is 6.10. The first-order valence-electron chi connectivity index (χ1n) is 6.57. The molecule has 0 aliphatic carbocycles. The first kappa shape index (κ1) is 12.6. The van der Waals surface area contributed by atoms with Crippen molar-refractivity contribution >= 4 is 0 Å². The zero-order valence-electron chi connectivity index (χ0n) is 11.2. The fourth-order valence-electron chi connectivity index (χ4n) is 2.55. The fourth-order valence-corrected chi connectivity index (χ4v) is 2.55. The van der Waals surface area contributed by atoms with Crippen LogP contribution >= 0.6 is 0 Å². The molecule has 1 heterocycles. The van der Waals surface area contributed by atoms with Gasteiger partial charge in [-0.3, -0.25) is 4.90 Å². The van der Waals surface area contributed by atoms with E-state index in [9.17, 15) is 0 Å². The van der Waals surface area contributed by atoms with Crippen molar-refractivity contribution in [1.82, 2.24) is 10.2 Å². The molecular weight excluding hydrogens is 208 g/mol. The molecule has 2 nitrogen and oxygen atoms in total. The van der Waals surface area contributed by atoms with Crippen molar-refractivity contribution in [3.8, 4) is 0 Å². The molecule has 0 bridgehead atoms. The van der Waals surface area contributed by atoms with Crippen molar-refractivity contribution in [3.63, 3.8) is 0 Å². The Bertz CT molecular complexity index is 340. The van der Waals surface area contributed by atoms with Crippen LogP contribution in [0.3, 0.4) is 0 Å². The van der Waals surface area contributed by atoms with Gasteiger partial charge in [-0.2, -0.15) is 0 Å². The van der Waals surface area contributed by atoms with E-state index in [4.69, 9.17) is 0 Å². The van der Waals surface area contributed by atoms with Crippen LogP contribution in [0.15, 0.2) is 30.3 Å². The summed E-state index contributed by atoms with van der Waals surface area (Å²) in [7, 11) is 0. The zero-order chi connectivity index (χ0) is 12.3. The van der Waals surface area contributed by atoms with Gasteiger partial charge in [-0.15, -0.1) is 0 Å². The summed E-state index contributed by atoms with van der Waals surface area (Å²) in [5.41, 5.74) is 1.65. The van der Waals surface area contributed by atoms with Crippen LogP contribution in [0, 0.1) is 0 Å². The molecule has 2 heteroatoms. The lowest BCUT2D eigenvalue weighted by Gasteiger charge is -2.26. The average molecular weight is 232 g/mol. The molecule has 1 N–H and O–H groups in total. The SMILES string of the molecule is CC(C)(C)N[C@H]1CCN(Cc2ccccc2)C1. The molecule has 1 aliphatic rings. The fraction of sp³-hybridized carbons (Fsp3) is 0.600. The number of nitrogens with one attached hydrogen (secondary N) is 1. The van der Waals surface area contributed by atoms with E-state index in [0.717, 1.165) is 6.54 Å². The molecule has 0 amide bonds. The molecule has 0 saturated carbocycles. The van der Waals surface area contributed by atoms with Crippen LogP contribution in [0.25, 0.3) is 0 Å². The van der Waals surface area contributed by atoms with E-state index in [1.54, 1.807) is 0 Å². The number of nitrogens with zero attached hydrogens (tertiary/aromatic N) is 1. The lowest BCUT2D eigenvalue weighted by atomic mass is 10.1. The highest BCUT2D eigenvalue weighted by molar-refractivity contribution is 5.14. The standard InChI is InChI=1S/C15H24N2/c1-15(2,3)16-14-9-10-17(12-14)11-13-7-5-4-6-8-13/h4-8,14,16H,9-12H2,1-3H3/t14-/m0/s1. The highest BCUT2D eigenvalue weighted by Crippen LogP contribution is 2.15. The van der Waals surface area contributed by atoms with E-state index < -0.39 is 0 Å². The lowest BCUT2D eigenvalue weighted by Crippen LogP contribution is -2.44. The molecule has 1 aromatic carbocycles. The third kappa shape index (κ3) is 4.14. The Hall–Kier alpha value is -0.860. The summed E-state index contributed by atoms with van der Waals surface area (Å²) in [6.45, 7) is 10.2. The Morgan fingerprint density at radius 3 is 2.59 bits per heavy atom. The van der Waals surface area contributed by atoms with Crippen molar-refractivity contribution < 1.29 is 0 Å². The van der Waals surface area contributed by atoms with Gasteiger partial charge in [0.1, 0.15) is 0 Å². The first-order valence-corrected chi connectivity index (χ1v) is 6.57. The van der Waals surface area contributed by atoms with Crippen LogP contribution in [0.1, 0.15) is 32.8 Å². The van der Waals surface area contributed by atoms with E-state index in [0.29, 0.717) is 6.04 Å². The average Bonchev–Trinajstić information content (AvgIpc) is 2.64. The van der Waals surface area contributed by atoms with Crippen molar-refractivity contribution in [1.29, 1.82) is 0 Å². The van der Waals surface area contributed by atoms with Gasteiger partial charge in [0.05, 0.1) is 0 Å². The second-order valence-electron chi connectivity index (χ2n) is 6.10. The minimum Gasteiger partial charge on any atom is -0.308 e. The molecule has 0 aromatic heterocycles. The van der Waals surface area contributed by atoms with Crippen molar-refractivity contribution in [2.75, 3.05) is 13.1 Å². The molecule has 0 unspecified atom stereocenters. The van der Waals surface area contributed by atoms with Gasteiger partial charge in [-0.25, -0.2) is 0 Å². The summed E-state index contributed by atoms with van der Waals surface area (Å²) in [5, 5.41) is 3.69. The minimum absolute atomic E-state index is 0.230. The molecule has 0 radical (unpaired) electrons. The molecule has 1 aliphatic heterocycles. The van der Waals surface area contributed by atoms with Gasteiger partial charge in [0.15, 0.2) is 0 Å². The third-order valence-corrected chi connectivity index (χ3v) is 3.16. The Balaban J connectivity index is 1.82. The Kier molecular flexibility index (Phi) is 3.85. The number of likely N-dealkylation sites (tertiary alicyclic amines) is 1. The van der Waals surface area contributed by atoms with Crippen molar-refractivity contribution in [2.45, 2.75) is 45.3 Å². The maximum Gasteiger partial charge on any atom is 0.0234 e. The molecule has 1 saturated heterocycles. The second kappa shape index (κ2) is 5.19. The van der Waals surface area contributed by atoms with Gasteiger partial charge in [-0.05, 0) is 32.8 Å². The third-order valence-electron chi connectivity index (χ3n) is 3.16. The topological polar surface area (TPSA) is 15.3 Å². The molecule has 1 atom stereocenters. The quantitative estimate of drug-likeness (QED) is 0.862. The lowest BCUT2D eigenvalue weighted by molar-refractivity contribution is 0.301. The summed E-state index contributed by atoms with van der Waals surface area (Å²) in [4.78, 5) is 2.54. The van der Waals surface area contributed by atoms with Gasteiger partial charge in [0.25, 0.3) is 0 Å². The van der Waals surface area contributed by atoms with E-state index in [1.165, 1.54) is 25.1 Å².